The van der Waals surface area contributed by atoms with Gasteiger partial charge in [0.1, 0.15) is 11.6 Å². The van der Waals surface area contributed by atoms with Crippen LogP contribution in [0.2, 0.25) is 0 Å². The standard InChI is InChI=1S/C21H23FN2O3/c1-2-27-19-6-4-3-5-18(19)24-21(26)17-13-16(17)20(25)23-12-11-14-7-9-15(22)10-8-14/h3-10,16-17H,2,11-13H2,1H3,(H,23,25)(H,24,26). The molecule has 3 rings (SSSR count). The number of carbonyl (C=O) groups excluding carboxylic acids is 2. The molecule has 0 aliphatic heterocycles. The van der Waals surface area contributed by atoms with E-state index in [0.717, 1.165) is 5.56 Å². The van der Waals surface area contributed by atoms with E-state index in [0.29, 0.717) is 37.4 Å². The summed E-state index contributed by atoms with van der Waals surface area (Å²) in [5.74, 6) is -0.547. The second-order valence-electron chi connectivity index (χ2n) is 6.53. The number of para-hydroxylation sites is 2. The number of anilines is 1. The molecule has 0 spiro atoms. The largest absolute Gasteiger partial charge is 0.492 e. The van der Waals surface area contributed by atoms with E-state index in [2.05, 4.69) is 10.6 Å². The smallest absolute Gasteiger partial charge is 0.228 e. The highest BCUT2D eigenvalue weighted by Gasteiger charge is 2.48. The van der Waals surface area contributed by atoms with Crippen molar-refractivity contribution in [2.45, 2.75) is 19.8 Å². The predicted octanol–water partition coefficient (Wildman–Crippen LogP) is 3.16. The molecule has 5 nitrogen and oxygen atoms in total. The van der Waals surface area contributed by atoms with Crippen LogP contribution in [0.3, 0.4) is 0 Å². The van der Waals surface area contributed by atoms with Crippen molar-refractivity contribution in [2.75, 3.05) is 18.5 Å². The number of carbonyl (C=O) groups is 2. The molecule has 142 valence electrons. The number of ether oxygens (including phenoxy) is 1. The number of hydrogen-bond donors (Lipinski definition) is 2. The second-order valence-corrected chi connectivity index (χ2v) is 6.53. The van der Waals surface area contributed by atoms with E-state index in [1.54, 1.807) is 24.3 Å². The molecule has 1 aliphatic carbocycles. The van der Waals surface area contributed by atoms with Gasteiger partial charge >= 0.3 is 0 Å². The maximum Gasteiger partial charge on any atom is 0.228 e. The van der Waals surface area contributed by atoms with Crippen molar-refractivity contribution in [3.63, 3.8) is 0 Å². The Morgan fingerprint density at radius 3 is 2.52 bits per heavy atom. The van der Waals surface area contributed by atoms with Crippen molar-refractivity contribution in [3.8, 4) is 5.75 Å². The Hall–Kier alpha value is -2.89. The molecule has 2 N–H and O–H groups in total. The molecular weight excluding hydrogens is 347 g/mol. The summed E-state index contributed by atoms with van der Waals surface area (Å²) >= 11 is 0. The Balaban J connectivity index is 1.45. The number of benzene rings is 2. The Bertz CT molecular complexity index is 807. The van der Waals surface area contributed by atoms with Crippen LogP contribution < -0.4 is 15.4 Å². The zero-order valence-corrected chi connectivity index (χ0v) is 15.2. The average molecular weight is 370 g/mol. The summed E-state index contributed by atoms with van der Waals surface area (Å²) in [5, 5.41) is 5.70. The fourth-order valence-electron chi connectivity index (χ4n) is 2.96. The summed E-state index contributed by atoms with van der Waals surface area (Å²) in [6, 6.07) is 13.4. The first-order chi connectivity index (χ1) is 13.1. The second kappa shape index (κ2) is 8.66. The van der Waals surface area contributed by atoms with E-state index in [9.17, 15) is 14.0 Å². The van der Waals surface area contributed by atoms with Gasteiger partial charge in [0.25, 0.3) is 0 Å². The van der Waals surface area contributed by atoms with E-state index < -0.39 is 0 Å². The minimum absolute atomic E-state index is 0.115. The maximum absolute atomic E-state index is 12.9. The lowest BCUT2D eigenvalue weighted by Gasteiger charge is -2.11. The highest BCUT2D eigenvalue weighted by Crippen LogP contribution is 2.40. The van der Waals surface area contributed by atoms with Crippen molar-refractivity contribution < 1.29 is 18.7 Å². The Labute approximate surface area is 157 Å². The van der Waals surface area contributed by atoms with Gasteiger partial charge in [0.2, 0.25) is 11.8 Å². The van der Waals surface area contributed by atoms with E-state index in [4.69, 9.17) is 4.74 Å². The highest BCUT2D eigenvalue weighted by molar-refractivity contribution is 6.00. The van der Waals surface area contributed by atoms with Crippen molar-refractivity contribution in [3.05, 3.63) is 59.9 Å². The van der Waals surface area contributed by atoms with Gasteiger partial charge in [-0.15, -0.1) is 0 Å². The third kappa shape index (κ3) is 5.06. The van der Waals surface area contributed by atoms with Crippen molar-refractivity contribution in [2.24, 2.45) is 11.8 Å². The Morgan fingerprint density at radius 1 is 1.07 bits per heavy atom. The summed E-state index contributed by atoms with van der Waals surface area (Å²) < 4.78 is 18.4. The molecule has 0 radical (unpaired) electrons. The monoisotopic (exact) mass is 370 g/mol. The summed E-state index contributed by atoms with van der Waals surface area (Å²) in [6.07, 6.45) is 1.17. The van der Waals surface area contributed by atoms with Crippen LogP contribution in [-0.4, -0.2) is 25.0 Å². The first kappa shape index (κ1) is 18.9. The zero-order valence-electron chi connectivity index (χ0n) is 15.2. The van der Waals surface area contributed by atoms with Crippen LogP contribution in [0.4, 0.5) is 10.1 Å². The van der Waals surface area contributed by atoms with Gasteiger partial charge in [-0.1, -0.05) is 24.3 Å². The molecule has 0 aromatic heterocycles. The minimum Gasteiger partial charge on any atom is -0.492 e. The van der Waals surface area contributed by atoms with Crippen LogP contribution in [0.25, 0.3) is 0 Å². The van der Waals surface area contributed by atoms with Crippen molar-refractivity contribution in [1.29, 1.82) is 0 Å². The molecule has 2 atom stereocenters. The molecule has 2 unspecified atom stereocenters. The molecule has 1 saturated carbocycles. The van der Waals surface area contributed by atoms with Gasteiger partial charge in [-0.05, 0) is 49.6 Å². The number of rotatable bonds is 8. The first-order valence-electron chi connectivity index (χ1n) is 9.13. The number of halogens is 1. The van der Waals surface area contributed by atoms with Gasteiger partial charge < -0.3 is 15.4 Å². The lowest BCUT2D eigenvalue weighted by Crippen LogP contribution is -2.29. The van der Waals surface area contributed by atoms with Crippen LogP contribution in [0.5, 0.6) is 5.75 Å². The minimum atomic E-state index is -0.314. The molecule has 2 amide bonds. The fourth-order valence-corrected chi connectivity index (χ4v) is 2.96. The molecule has 1 aliphatic rings. The molecule has 1 fully saturated rings. The zero-order chi connectivity index (χ0) is 19.2. The number of hydrogen-bond acceptors (Lipinski definition) is 3. The van der Waals surface area contributed by atoms with Gasteiger partial charge in [-0.3, -0.25) is 9.59 Å². The van der Waals surface area contributed by atoms with Gasteiger partial charge in [-0.25, -0.2) is 4.39 Å². The van der Waals surface area contributed by atoms with Gasteiger partial charge in [-0.2, -0.15) is 0 Å². The third-order valence-corrected chi connectivity index (χ3v) is 4.53. The van der Waals surface area contributed by atoms with Crippen LogP contribution in [0.15, 0.2) is 48.5 Å². The van der Waals surface area contributed by atoms with Crippen molar-refractivity contribution in [1.82, 2.24) is 5.32 Å². The van der Waals surface area contributed by atoms with Crippen molar-refractivity contribution >= 4 is 17.5 Å². The highest BCUT2D eigenvalue weighted by atomic mass is 19.1. The number of amides is 2. The summed E-state index contributed by atoms with van der Waals surface area (Å²) in [4.78, 5) is 24.6. The van der Waals surface area contributed by atoms with Crippen LogP contribution in [0, 0.1) is 17.7 Å². The van der Waals surface area contributed by atoms with Crippen LogP contribution in [0.1, 0.15) is 18.9 Å². The van der Waals surface area contributed by atoms with Gasteiger partial charge in [0.15, 0.2) is 0 Å². The van der Waals surface area contributed by atoms with E-state index in [-0.39, 0.29) is 29.5 Å². The molecular formula is C21H23FN2O3. The third-order valence-electron chi connectivity index (χ3n) is 4.53. The van der Waals surface area contributed by atoms with Crippen LogP contribution >= 0.6 is 0 Å². The summed E-state index contributed by atoms with van der Waals surface area (Å²) in [7, 11) is 0. The van der Waals surface area contributed by atoms with E-state index in [1.165, 1.54) is 12.1 Å². The van der Waals surface area contributed by atoms with Gasteiger partial charge in [0.05, 0.1) is 24.1 Å². The van der Waals surface area contributed by atoms with Crippen LogP contribution in [-0.2, 0) is 16.0 Å². The molecule has 6 heteroatoms. The lowest BCUT2D eigenvalue weighted by molar-refractivity contribution is -0.125. The first-order valence-corrected chi connectivity index (χ1v) is 9.13. The lowest BCUT2D eigenvalue weighted by atomic mass is 10.1. The SMILES string of the molecule is CCOc1ccccc1NC(=O)C1CC1C(=O)NCCc1ccc(F)cc1. The Morgan fingerprint density at radius 2 is 1.78 bits per heavy atom. The topological polar surface area (TPSA) is 67.4 Å². The molecule has 27 heavy (non-hydrogen) atoms. The summed E-state index contributed by atoms with van der Waals surface area (Å²) in [5.41, 5.74) is 1.57. The van der Waals surface area contributed by atoms with E-state index >= 15 is 0 Å². The quantitative estimate of drug-likeness (QED) is 0.750. The average Bonchev–Trinajstić information content (AvgIpc) is 3.46. The number of nitrogens with one attached hydrogen (secondary N) is 2. The summed E-state index contributed by atoms with van der Waals surface area (Å²) in [6.45, 7) is 2.85. The Kier molecular flexibility index (Phi) is 6.06. The normalized spacial score (nSPS) is 17.9. The fraction of sp³-hybridized carbons (Fsp3) is 0.333. The predicted molar refractivity (Wildman–Crippen MR) is 101 cm³/mol. The molecule has 0 bridgehead atoms. The molecule has 0 saturated heterocycles. The molecule has 2 aromatic carbocycles. The van der Waals surface area contributed by atoms with E-state index in [1.807, 2.05) is 19.1 Å². The molecule has 0 heterocycles. The van der Waals surface area contributed by atoms with Gasteiger partial charge in [0, 0.05) is 6.54 Å². The maximum atomic E-state index is 12.9. The molecule has 2 aromatic rings.